The van der Waals surface area contributed by atoms with Gasteiger partial charge >= 0.3 is 0 Å². The fourth-order valence-electron chi connectivity index (χ4n) is 3.14. The van der Waals surface area contributed by atoms with Crippen molar-refractivity contribution in [3.8, 4) is 0 Å². The Morgan fingerprint density at radius 3 is 2.48 bits per heavy atom. The highest BCUT2D eigenvalue weighted by Crippen LogP contribution is 2.31. The van der Waals surface area contributed by atoms with Gasteiger partial charge in [-0.05, 0) is 55.2 Å². The first kappa shape index (κ1) is 19.4. The maximum Gasteiger partial charge on any atom is 0.293 e. The summed E-state index contributed by atoms with van der Waals surface area (Å²) in [6.07, 6.45) is 6.14. The highest BCUT2D eigenvalue weighted by atomic mass is 35.5. The lowest BCUT2D eigenvalue weighted by Gasteiger charge is -2.28. The third-order valence-electron chi connectivity index (χ3n) is 4.52. The lowest BCUT2D eigenvalue weighted by Crippen LogP contribution is -2.29. The number of allylic oxidation sites excluding steroid dienone is 1. The van der Waals surface area contributed by atoms with E-state index in [4.69, 9.17) is 23.2 Å². The van der Waals surface area contributed by atoms with Gasteiger partial charge in [-0.1, -0.05) is 35.3 Å². The van der Waals surface area contributed by atoms with Crippen LogP contribution >= 0.6 is 23.2 Å². The van der Waals surface area contributed by atoms with E-state index in [2.05, 4.69) is 0 Å². The number of nitro groups is 1. The fourth-order valence-corrected chi connectivity index (χ4v) is 3.65. The number of ketones is 1. The molecule has 3 rings (SSSR count). The van der Waals surface area contributed by atoms with Crippen LogP contribution in [-0.2, 0) is 0 Å². The van der Waals surface area contributed by atoms with Gasteiger partial charge in [0.1, 0.15) is 5.69 Å². The van der Waals surface area contributed by atoms with E-state index in [1.807, 2.05) is 4.90 Å². The second kappa shape index (κ2) is 8.55. The molecule has 140 valence electrons. The molecule has 1 heterocycles. The summed E-state index contributed by atoms with van der Waals surface area (Å²) in [5.41, 5.74) is 1.59. The molecule has 0 unspecified atom stereocenters. The van der Waals surface area contributed by atoms with Crippen LogP contribution in [0.4, 0.5) is 11.4 Å². The average molecular weight is 405 g/mol. The molecular weight excluding hydrogens is 387 g/mol. The van der Waals surface area contributed by atoms with E-state index < -0.39 is 0 Å². The molecule has 7 heteroatoms. The Labute approximate surface area is 167 Å². The normalized spacial score (nSPS) is 14.5. The van der Waals surface area contributed by atoms with E-state index in [1.54, 1.807) is 30.3 Å². The minimum absolute atomic E-state index is 0.0519. The van der Waals surface area contributed by atoms with Crippen molar-refractivity contribution >= 4 is 46.4 Å². The summed E-state index contributed by atoms with van der Waals surface area (Å²) in [4.78, 5) is 25.5. The van der Waals surface area contributed by atoms with Gasteiger partial charge in [-0.2, -0.15) is 0 Å². The van der Waals surface area contributed by atoms with Gasteiger partial charge in [-0.3, -0.25) is 14.9 Å². The van der Waals surface area contributed by atoms with Crippen molar-refractivity contribution in [2.75, 3.05) is 18.0 Å². The monoisotopic (exact) mass is 404 g/mol. The van der Waals surface area contributed by atoms with Crippen molar-refractivity contribution in [2.45, 2.75) is 19.3 Å². The number of benzene rings is 2. The zero-order valence-electron chi connectivity index (χ0n) is 14.5. The molecule has 0 aliphatic carbocycles. The predicted molar refractivity (Wildman–Crippen MR) is 109 cm³/mol. The van der Waals surface area contributed by atoms with Gasteiger partial charge in [-0.15, -0.1) is 0 Å². The molecule has 0 spiro atoms. The van der Waals surface area contributed by atoms with Gasteiger partial charge in [-0.25, -0.2) is 0 Å². The van der Waals surface area contributed by atoms with Gasteiger partial charge in [0.05, 0.1) is 9.95 Å². The van der Waals surface area contributed by atoms with E-state index in [9.17, 15) is 14.9 Å². The standard InChI is InChI=1S/C20H18Cl2N2O3/c21-15-6-7-16(17(22)13-15)20(25)9-5-14-4-8-18(19(12-14)24(26)27)23-10-2-1-3-11-23/h4-9,12-13H,1-3,10-11H2/b9-5+. The molecule has 0 atom stereocenters. The molecule has 0 aromatic heterocycles. The van der Waals surface area contributed by atoms with Gasteiger partial charge in [0.2, 0.25) is 0 Å². The highest BCUT2D eigenvalue weighted by Gasteiger charge is 2.21. The quantitative estimate of drug-likeness (QED) is 0.273. The molecule has 1 aliphatic rings. The Kier molecular flexibility index (Phi) is 6.14. The van der Waals surface area contributed by atoms with Crippen molar-refractivity contribution in [3.63, 3.8) is 0 Å². The van der Waals surface area contributed by atoms with Crippen LogP contribution in [0.5, 0.6) is 0 Å². The number of halogens is 2. The third-order valence-corrected chi connectivity index (χ3v) is 5.06. The Bertz CT molecular complexity index is 906. The number of carbonyl (C=O) groups excluding carboxylic acids is 1. The maximum absolute atomic E-state index is 12.3. The minimum Gasteiger partial charge on any atom is -0.366 e. The summed E-state index contributed by atoms with van der Waals surface area (Å²) in [7, 11) is 0. The second-order valence-electron chi connectivity index (χ2n) is 6.37. The van der Waals surface area contributed by atoms with Crippen LogP contribution in [0.15, 0.2) is 42.5 Å². The molecule has 0 bridgehead atoms. The zero-order valence-corrected chi connectivity index (χ0v) is 16.0. The van der Waals surface area contributed by atoms with Crippen molar-refractivity contribution in [1.29, 1.82) is 0 Å². The first-order valence-electron chi connectivity index (χ1n) is 8.66. The van der Waals surface area contributed by atoms with Gasteiger partial charge in [0.15, 0.2) is 5.78 Å². The third kappa shape index (κ3) is 4.67. The summed E-state index contributed by atoms with van der Waals surface area (Å²) in [6, 6.07) is 9.68. The van der Waals surface area contributed by atoms with E-state index in [0.29, 0.717) is 21.8 Å². The first-order valence-corrected chi connectivity index (χ1v) is 9.42. The Balaban J connectivity index is 1.84. The summed E-state index contributed by atoms with van der Waals surface area (Å²) >= 11 is 11.9. The molecule has 2 aromatic rings. The van der Waals surface area contributed by atoms with Crippen molar-refractivity contribution in [1.82, 2.24) is 0 Å². The van der Waals surface area contributed by atoms with E-state index in [0.717, 1.165) is 32.4 Å². The Morgan fingerprint density at radius 2 is 1.81 bits per heavy atom. The smallest absolute Gasteiger partial charge is 0.293 e. The second-order valence-corrected chi connectivity index (χ2v) is 7.22. The number of hydrogen-bond donors (Lipinski definition) is 0. The van der Waals surface area contributed by atoms with Crippen LogP contribution in [0.25, 0.3) is 6.08 Å². The Morgan fingerprint density at radius 1 is 1.07 bits per heavy atom. The summed E-state index contributed by atoms with van der Waals surface area (Å²) < 4.78 is 0. The van der Waals surface area contributed by atoms with Crippen molar-refractivity contribution in [3.05, 3.63) is 73.8 Å². The zero-order chi connectivity index (χ0) is 19.4. The molecule has 1 aliphatic heterocycles. The first-order chi connectivity index (χ1) is 13.0. The summed E-state index contributed by atoms with van der Waals surface area (Å²) in [5.74, 6) is -0.292. The summed E-state index contributed by atoms with van der Waals surface area (Å²) in [6.45, 7) is 1.65. The molecule has 27 heavy (non-hydrogen) atoms. The molecule has 1 fully saturated rings. The topological polar surface area (TPSA) is 63.5 Å². The molecule has 0 amide bonds. The predicted octanol–water partition coefficient (Wildman–Crippen LogP) is 5.79. The SMILES string of the molecule is O=C(/C=C/c1ccc(N2CCCCC2)c([N+](=O)[O-])c1)c1ccc(Cl)cc1Cl. The van der Waals surface area contributed by atoms with E-state index >= 15 is 0 Å². The average Bonchev–Trinajstić information content (AvgIpc) is 2.66. The molecule has 0 N–H and O–H groups in total. The molecule has 2 aromatic carbocycles. The van der Waals surface area contributed by atoms with Gasteiger partial charge in [0.25, 0.3) is 5.69 Å². The van der Waals surface area contributed by atoms with Crippen LogP contribution in [0.2, 0.25) is 10.0 Å². The van der Waals surface area contributed by atoms with E-state index in [1.165, 1.54) is 18.2 Å². The van der Waals surface area contributed by atoms with Crippen LogP contribution in [0.1, 0.15) is 35.2 Å². The number of carbonyl (C=O) groups is 1. The maximum atomic E-state index is 12.3. The molecule has 1 saturated heterocycles. The van der Waals surface area contributed by atoms with Crippen LogP contribution in [0.3, 0.4) is 0 Å². The molecule has 0 radical (unpaired) electrons. The lowest BCUT2D eigenvalue weighted by atomic mass is 10.1. The number of hydrogen-bond acceptors (Lipinski definition) is 4. The lowest BCUT2D eigenvalue weighted by molar-refractivity contribution is -0.384. The molecule has 5 nitrogen and oxygen atoms in total. The van der Waals surface area contributed by atoms with Crippen LogP contribution < -0.4 is 4.90 Å². The molecular formula is C20H18Cl2N2O3. The largest absolute Gasteiger partial charge is 0.366 e. The van der Waals surface area contributed by atoms with Gasteiger partial charge in [0, 0.05) is 29.7 Å². The number of nitrogens with zero attached hydrogens (tertiary/aromatic N) is 2. The van der Waals surface area contributed by atoms with Crippen molar-refractivity contribution in [2.24, 2.45) is 0 Å². The minimum atomic E-state index is -0.376. The highest BCUT2D eigenvalue weighted by molar-refractivity contribution is 6.37. The van der Waals surface area contributed by atoms with Crippen LogP contribution in [-0.4, -0.2) is 23.8 Å². The number of nitro benzene ring substituents is 1. The van der Waals surface area contributed by atoms with Gasteiger partial charge < -0.3 is 4.90 Å². The number of piperidine rings is 1. The Hall–Kier alpha value is -2.37. The van der Waals surface area contributed by atoms with E-state index in [-0.39, 0.29) is 21.4 Å². The van der Waals surface area contributed by atoms with Crippen molar-refractivity contribution < 1.29 is 9.72 Å². The number of anilines is 1. The summed E-state index contributed by atoms with van der Waals surface area (Å²) in [5, 5.41) is 12.2. The molecule has 0 saturated carbocycles. The fraction of sp³-hybridized carbons (Fsp3) is 0.250. The van der Waals surface area contributed by atoms with Crippen LogP contribution in [0, 0.1) is 10.1 Å². The number of rotatable bonds is 5.